The van der Waals surface area contributed by atoms with Gasteiger partial charge < -0.3 is 10.6 Å². The van der Waals surface area contributed by atoms with E-state index in [9.17, 15) is 0 Å². The third-order valence-electron chi connectivity index (χ3n) is 3.43. The third-order valence-corrected chi connectivity index (χ3v) is 4.22. The van der Waals surface area contributed by atoms with Crippen LogP contribution in [-0.4, -0.2) is 28.5 Å². The lowest BCUT2D eigenvalue weighted by molar-refractivity contribution is 0.366. The molecule has 96 valence electrons. The van der Waals surface area contributed by atoms with Gasteiger partial charge in [0.05, 0.1) is 0 Å². The normalized spacial score (nSPS) is 25.2. The fraction of sp³-hybridized carbons (Fsp3) is 0.833. The first-order valence-electron chi connectivity index (χ1n) is 6.53. The molecule has 5 heteroatoms. The number of nitrogens with two attached hydrogens (primary N) is 1. The summed E-state index contributed by atoms with van der Waals surface area (Å²) in [6.45, 7) is 6.26. The minimum atomic E-state index is 0.446. The Morgan fingerprint density at radius 2 is 2.35 bits per heavy atom. The fourth-order valence-electron chi connectivity index (χ4n) is 2.41. The lowest BCUT2D eigenvalue weighted by Crippen LogP contribution is -2.46. The van der Waals surface area contributed by atoms with Crippen LogP contribution in [0.25, 0.3) is 0 Å². The molecule has 1 saturated heterocycles. The highest BCUT2D eigenvalue weighted by atomic mass is 32.1. The number of hydrogen-bond acceptors (Lipinski definition) is 5. The van der Waals surface area contributed by atoms with Crippen LogP contribution in [0.4, 0.5) is 5.13 Å². The summed E-state index contributed by atoms with van der Waals surface area (Å²) in [5.41, 5.74) is 5.87. The lowest BCUT2D eigenvalue weighted by atomic mass is 9.93. The van der Waals surface area contributed by atoms with Crippen LogP contribution in [0.5, 0.6) is 0 Å². The van der Waals surface area contributed by atoms with E-state index in [2.05, 4.69) is 28.1 Å². The number of hydrogen-bond donors (Lipinski definition) is 1. The summed E-state index contributed by atoms with van der Waals surface area (Å²) >= 11 is 1.53. The first-order valence-corrected chi connectivity index (χ1v) is 7.31. The molecule has 2 atom stereocenters. The van der Waals surface area contributed by atoms with E-state index in [1.807, 2.05) is 0 Å². The van der Waals surface area contributed by atoms with E-state index >= 15 is 0 Å². The average molecular weight is 254 g/mol. The molecule has 0 spiro atoms. The van der Waals surface area contributed by atoms with Crippen LogP contribution in [-0.2, 0) is 6.42 Å². The molecule has 0 radical (unpaired) electrons. The molecule has 1 fully saturated rings. The van der Waals surface area contributed by atoms with Crippen LogP contribution in [0.15, 0.2) is 0 Å². The number of anilines is 1. The third kappa shape index (κ3) is 2.96. The monoisotopic (exact) mass is 254 g/mol. The van der Waals surface area contributed by atoms with Crippen molar-refractivity contribution >= 4 is 16.7 Å². The number of aromatic nitrogens is 2. The van der Waals surface area contributed by atoms with Gasteiger partial charge >= 0.3 is 0 Å². The minimum Gasteiger partial charge on any atom is -0.343 e. The van der Waals surface area contributed by atoms with Crippen LogP contribution in [0.1, 0.15) is 38.9 Å². The number of piperidine rings is 1. The molecule has 2 rings (SSSR count). The van der Waals surface area contributed by atoms with Crippen molar-refractivity contribution in [2.24, 2.45) is 11.7 Å². The summed E-state index contributed by atoms with van der Waals surface area (Å²) in [6.07, 6.45) is 4.50. The van der Waals surface area contributed by atoms with E-state index in [1.165, 1.54) is 24.4 Å². The molecular formula is C12H22N4S. The van der Waals surface area contributed by atoms with E-state index < -0.39 is 0 Å². The van der Waals surface area contributed by atoms with Crippen molar-refractivity contribution in [1.82, 2.24) is 9.36 Å². The molecule has 0 aromatic carbocycles. The average Bonchev–Trinajstić information content (AvgIpc) is 2.78. The molecule has 1 aromatic heterocycles. The molecule has 17 heavy (non-hydrogen) atoms. The van der Waals surface area contributed by atoms with Gasteiger partial charge in [0.2, 0.25) is 5.13 Å². The smallest absolute Gasteiger partial charge is 0.205 e. The zero-order chi connectivity index (χ0) is 12.3. The Morgan fingerprint density at radius 1 is 1.53 bits per heavy atom. The van der Waals surface area contributed by atoms with Crippen LogP contribution >= 0.6 is 11.5 Å². The van der Waals surface area contributed by atoms with Crippen LogP contribution < -0.4 is 10.6 Å². The molecule has 0 aliphatic carbocycles. The fourth-order valence-corrected chi connectivity index (χ4v) is 3.22. The molecule has 1 aromatic rings. The Bertz CT molecular complexity index is 352. The number of rotatable bonds is 4. The van der Waals surface area contributed by atoms with Gasteiger partial charge in [-0.05, 0) is 25.2 Å². The van der Waals surface area contributed by atoms with E-state index in [4.69, 9.17) is 5.73 Å². The minimum absolute atomic E-state index is 0.446. The maximum atomic E-state index is 5.87. The first kappa shape index (κ1) is 12.8. The highest BCUT2D eigenvalue weighted by molar-refractivity contribution is 7.09. The Kier molecular flexibility index (Phi) is 4.34. The Balaban J connectivity index is 2.08. The quantitative estimate of drug-likeness (QED) is 0.893. The largest absolute Gasteiger partial charge is 0.343 e. The van der Waals surface area contributed by atoms with Gasteiger partial charge in [0, 0.05) is 37.1 Å². The molecule has 2 N–H and O–H groups in total. The molecule has 1 aliphatic heterocycles. The van der Waals surface area contributed by atoms with Crippen molar-refractivity contribution in [3.05, 3.63) is 5.82 Å². The van der Waals surface area contributed by atoms with Gasteiger partial charge in [-0.2, -0.15) is 4.37 Å². The molecule has 1 aliphatic rings. The zero-order valence-electron chi connectivity index (χ0n) is 10.7. The predicted octanol–water partition coefficient (Wildman–Crippen LogP) is 2.05. The van der Waals surface area contributed by atoms with Crippen LogP contribution in [0.3, 0.4) is 0 Å². The van der Waals surface area contributed by atoms with Gasteiger partial charge in [0.25, 0.3) is 0 Å². The molecule has 2 unspecified atom stereocenters. The summed E-state index contributed by atoms with van der Waals surface area (Å²) in [4.78, 5) is 6.98. The summed E-state index contributed by atoms with van der Waals surface area (Å²) in [5, 5.41) is 1.07. The van der Waals surface area contributed by atoms with Gasteiger partial charge in [-0.15, -0.1) is 0 Å². The topological polar surface area (TPSA) is 55.0 Å². The summed E-state index contributed by atoms with van der Waals surface area (Å²) in [6, 6.07) is 0.446. The van der Waals surface area contributed by atoms with Crippen LogP contribution in [0, 0.1) is 5.92 Å². The molecular weight excluding hydrogens is 232 g/mol. The zero-order valence-corrected chi connectivity index (χ0v) is 11.5. The lowest BCUT2D eigenvalue weighted by Gasteiger charge is -2.37. The first-order chi connectivity index (χ1) is 8.24. The Labute approximate surface area is 107 Å². The van der Waals surface area contributed by atoms with Gasteiger partial charge in [0.1, 0.15) is 5.82 Å². The van der Waals surface area contributed by atoms with E-state index in [0.717, 1.165) is 36.3 Å². The van der Waals surface area contributed by atoms with E-state index in [0.29, 0.717) is 12.6 Å². The summed E-state index contributed by atoms with van der Waals surface area (Å²) < 4.78 is 4.42. The standard InChI is InChI=1S/C12H22N4S/c1-3-4-11-14-12(17-15-11)16-6-5-9(2)7-10(16)8-13/h9-10H,3-8,13H2,1-2H3. The summed E-state index contributed by atoms with van der Waals surface area (Å²) in [7, 11) is 0. The van der Waals surface area contributed by atoms with Gasteiger partial charge in [-0.25, -0.2) is 4.98 Å². The maximum Gasteiger partial charge on any atom is 0.205 e. The van der Waals surface area contributed by atoms with Gasteiger partial charge in [-0.1, -0.05) is 13.8 Å². The number of aryl methyl sites for hydroxylation is 1. The SMILES string of the molecule is CCCc1nsc(N2CCC(C)CC2CN)n1. The second-order valence-electron chi connectivity index (χ2n) is 4.96. The molecule has 0 amide bonds. The van der Waals surface area contributed by atoms with Crippen LogP contribution in [0.2, 0.25) is 0 Å². The molecule has 4 nitrogen and oxygen atoms in total. The van der Waals surface area contributed by atoms with Gasteiger partial charge in [0.15, 0.2) is 0 Å². The highest BCUT2D eigenvalue weighted by Gasteiger charge is 2.27. The second-order valence-corrected chi connectivity index (χ2v) is 5.69. The van der Waals surface area contributed by atoms with Crippen molar-refractivity contribution in [2.75, 3.05) is 18.0 Å². The highest BCUT2D eigenvalue weighted by Crippen LogP contribution is 2.28. The van der Waals surface area contributed by atoms with Crippen molar-refractivity contribution < 1.29 is 0 Å². The van der Waals surface area contributed by atoms with Crippen molar-refractivity contribution in [1.29, 1.82) is 0 Å². The van der Waals surface area contributed by atoms with Crippen molar-refractivity contribution in [2.45, 2.75) is 45.6 Å². The Morgan fingerprint density at radius 3 is 3.06 bits per heavy atom. The molecule has 0 saturated carbocycles. The molecule has 0 bridgehead atoms. The van der Waals surface area contributed by atoms with Gasteiger partial charge in [-0.3, -0.25) is 0 Å². The maximum absolute atomic E-state index is 5.87. The second kappa shape index (κ2) is 5.78. The van der Waals surface area contributed by atoms with E-state index in [1.54, 1.807) is 0 Å². The summed E-state index contributed by atoms with van der Waals surface area (Å²) in [5.74, 6) is 1.77. The predicted molar refractivity (Wildman–Crippen MR) is 72.5 cm³/mol. The number of nitrogens with zero attached hydrogens (tertiary/aromatic N) is 3. The van der Waals surface area contributed by atoms with E-state index in [-0.39, 0.29) is 0 Å². The van der Waals surface area contributed by atoms with Crippen molar-refractivity contribution in [3.63, 3.8) is 0 Å². The Hall–Kier alpha value is -0.680. The molecule has 2 heterocycles. The van der Waals surface area contributed by atoms with Crippen molar-refractivity contribution in [3.8, 4) is 0 Å².